The van der Waals surface area contributed by atoms with Gasteiger partial charge in [-0.2, -0.15) is 5.10 Å². The van der Waals surface area contributed by atoms with Gasteiger partial charge in [-0.1, -0.05) is 23.1 Å². The molecule has 0 saturated heterocycles. The number of nitrogens with zero attached hydrogens (tertiary/aromatic N) is 5. The molecule has 1 aromatic carbocycles. The summed E-state index contributed by atoms with van der Waals surface area (Å²) in [6.45, 7) is 2.51. The second-order valence-electron chi connectivity index (χ2n) is 7.53. The highest BCUT2D eigenvalue weighted by atomic mass is 32.2. The van der Waals surface area contributed by atoms with Gasteiger partial charge in [-0.25, -0.2) is 19.6 Å². The van der Waals surface area contributed by atoms with E-state index in [9.17, 15) is 9.59 Å². The van der Waals surface area contributed by atoms with E-state index in [4.69, 9.17) is 4.74 Å². The number of thioether (sulfide) groups is 1. The molecule has 1 aliphatic rings. The number of hydrogen-bond donors (Lipinski definition) is 2. The van der Waals surface area contributed by atoms with Gasteiger partial charge in [0.15, 0.2) is 16.6 Å². The molecule has 0 atom stereocenters. The largest absolute Gasteiger partial charge is 0.494 e. The van der Waals surface area contributed by atoms with Crippen molar-refractivity contribution in [2.75, 3.05) is 17.7 Å². The molecule has 174 valence electrons. The van der Waals surface area contributed by atoms with Crippen LogP contribution in [-0.4, -0.2) is 54.9 Å². The van der Waals surface area contributed by atoms with Crippen LogP contribution in [0.1, 0.15) is 30.3 Å². The molecular formula is C22H21N7O3S2. The minimum absolute atomic E-state index is 0.157. The lowest BCUT2D eigenvalue weighted by Crippen LogP contribution is -2.25. The standard InChI is InChI=1S/C22H21N7O3S2/c1-2-32-14-5-6-17-16(9-14)26-22(34-17)27-19(30)11-33-20-10-18(23-12-24-20)29-8-7-15(28-29)21(31)25-13-3-4-13/h5-10,12-13H,2-4,11H2,1H3,(H,25,31)(H,26,27,30). The molecule has 10 nitrogen and oxygen atoms in total. The molecular weight excluding hydrogens is 474 g/mol. The zero-order valence-corrected chi connectivity index (χ0v) is 19.9. The number of carbonyl (C=O) groups excluding carboxylic acids is 2. The normalized spacial score (nSPS) is 13.1. The summed E-state index contributed by atoms with van der Waals surface area (Å²) in [5.41, 5.74) is 1.12. The van der Waals surface area contributed by atoms with Gasteiger partial charge in [0.1, 0.15) is 17.1 Å². The van der Waals surface area contributed by atoms with E-state index in [1.54, 1.807) is 18.3 Å². The minimum atomic E-state index is -0.189. The number of nitrogens with one attached hydrogen (secondary N) is 2. The van der Waals surface area contributed by atoms with Crippen molar-refractivity contribution < 1.29 is 14.3 Å². The van der Waals surface area contributed by atoms with Crippen LogP contribution in [0.5, 0.6) is 5.75 Å². The van der Waals surface area contributed by atoms with Crippen molar-refractivity contribution in [2.24, 2.45) is 0 Å². The van der Waals surface area contributed by atoms with Crippen LogP contribution in [0.25, 0.3) is 16.0 Å². The average molecular weight is 496 g/mol. The van der Waals surface area contributed by atoms with Crippen LogP contribution < -0.4 is 15.4 Å². The maximum atomic E-state index is 12.5. The molecule has 1 saturated carbocycles. The molecule has 1 fully saturated rings. The third kappa shape index (κ3) is 5.34. The zero-order chi connectivity index (χ0) is 23.5. The van der Waals surface area contributed by atoms with Gasteiger partial charge in [0.2, 0.25) is 5.91 Å². The third-order valence-corrected chi connectivity index (χ3v) is 6.74. The topological polar surface area (TPSA) is 124 Å². The molecule has 12 heteroatoms. The van der Waals surface area contributed by atoms with Gasteiger partial charge in [-0.3, -0.25) is 9.59 Å². The number of rotatable bonds is 9. The van der Waals surface area contributed by atoms with Gasteiger partial charge in [0.25, 0.3) is 5.91 Å². The fourth-order valence-corrected chi connectivity index (χ4v) is 4.63. The SMILES string of the molecule is CCOc1ccc2sc(NC(=O)CSc3cc(-n4ccc(C(=O)NC5CC5)n4)ncn3)nc2c1. The molecule has 0 radical (unpaired) electrons. The van der Waals surface area contributed by atoms with E-state index < -0.39 is 0 Å². The molecule has 5 rings (SSSR count). The second kappa shape index (κ2) is 9.77. The lowest BCUT2D eigenvalue weighted by atomic mass is 10.3. The minimum Gasteiger partial charge on any atom is -0.494 e. The van der Waals surface area contributed by atoms with E-state index in [1.165, 1.54) is 34.1 Å². The Bertz CT molecular complexity index is 1350. The molecule has 34 heavy (non-hydrogen) atoms. The van der Waals surface area contributed by atoms with E-state index in [1.807, 2.05) is 25.1 Å². The number of aromatic nitrogens is 5. The van der Waals surface area contributed by atoms with Crippen molar-refractivity contribution in [2.45, 2.75) is 30.8 Å². The van der Waals surface area contributed by atoms with Gasteiger partial charge in [0.05, 0.1) is 22.6 Å². The predicted octanol–water partition coefficient (Wildman–Crippen LogP) is 3.29. The first-order valence-electron chi connectivity index (χ1n) is 10.7. The summed E-state index contributed by atoms with van der Waals surface area (Å²) < 4.78 is 7.99. The van der Waals surface area contributed by atoms with Crippen LogP contribution in [0.4, 0.5) is 5.13 Å². The summed E-state index contributed by atoms with van der Waals surface area (Å²) in [4.78, 5) is 37.5. The lowest BCUT2D eigenvalue weighted by Gasteiger charge is -2.04. The number of ether oxygens (including phenoxy) is 1. The molecule has 3 heterocycles. The van der Waals surface area contributed by atoms with E-state index in [0.717, 1.165) is 28.8 Å². The average Bonchev–Trinajstić information content (AvgIpc) is 3.34. The first kappa shape index (κ1) is 22.3. The number of anilines is 1. The van der Waals surface area contributed by atoms with E-state index in [-0.39, 0.29) is 23.6 Å². The monoisotopic (exact) mass is 495 g/mol. The zero-order valence-electron chi connectivity index (χ0n) is 18.2. The summed E-state index contributed by atoms with van der Waals surface area (Å²) in [5, 5.41) is 11.2. The Hall–Kier alpha value is -3.51. The molecule has 2 amide bonds. The molecule has 3 aromatic heterocycles. The summed E-state index contributed by atoms with van der Waals surface area (Å²) in [5.74, 6) is 1.05. The van der Waals surface area contributed by atoms with Crippen molar-refractivity contribution in [3.63, 3.8) is 0 Å². The summed E-state index contributed by atoms with van der Waals surface area (Å²) >= 11 is 2.68. The van der Waals surface area contributed by atoms with E-state index in [0.29, 0.717) is 28.3 Å². The van der Waals surface area contributed by atoms with Crippen LogP contribution in [0.2, 0.25) is 0 Å². The molecule has 0 aliphatic heterocycles. The Balaban J connectivity index is 1.19. The molecule has 2 N–H and O–H groups in total. The number of hydrogen-bond acceptors (Lipinski definition) is 9. The number of fused-ring (bicyclic) bond motifs is 1. The maximum Gasteiger partial charge on any atom is 0.272 e. The lowest BCUT2D eigenvalue weighted by molar-refractivity contribution is -0.113. The highest BCUT2D eigenvalue weighted by Crippen LogP contribution is 2.29. The Labute approximate surface area is 203 Å². The number of amides is 2. The summed E-state index contributed by atoms with van der Waals surface area (Å²) in [6, 6.07) is 9.32. The van der Waals surface area contributed by atoms with Crippen LogP contribution in [0.3, 0.4) is 0 Å². The van der Waals surface area contributed by atoms with Crippen LogP contribution in [0, 0.1) is 0 Å². The Morgan fingerprint density at radius 2 is 2.12 bits per heavy atom. The summed E-state index contributed by atoms with van der Waals surface area (Å²) in [6.07, 6.45) is 5.11. The summed E-state index contributed by atoms with van der Waals surface area (Å²) in [7, 11) is 0. The number of thiazole rings is 1. The molecule has 0 spiro atoms. The van der Waals surface area contributed by atoms with Gasteiger partial charge < -0.3 is 15.4 Å². The highest BCUT2D eigenvalue weighted by Gasteiger charge is 2.24. The van der Waals surface area contributed by atoms with Crippen molar-refractivity contribution in [3.8, 4) is 11.6 Å². The fraction of sp³-hybridized carbons (Fsp3) is 0.273. The molecule has 4 aromatic rings. The third-order valence-electron chi connectivity index (χ3n) is 4.86. The van der Waals surface area contributed by atoms with Crippen molar-refractivity contribution in [3.05, 3.63) is 48.5 Å². The predicted molar refractivity (Wildman–Crippen MR) is 130 cm³/mol. The van der Waals surface area contributed by atoms with E-state index >= 15 is 0 Å². The quantitative estimate of drug-likeness (QED) is 0.268. The van der Waals surface area contributed by atoms with Crippen molar-refractivity contribution >= 4 is 50.3 Å². The van der Waals surface area contributed by atoms with Crippen molar-refractivity contribution in [1.29, 1.82) is 0 Å². The highest BCUT2D eigenvalue weighted by molar-refractivity contribution is 7.99. The Morgan fingerprint density at radius 3 is 2.94 bits per heavy atom. The fourth-order valence-electron chi connectivity index (χ4n) is 3.11. The van der Waals surface area contributed by atoms with E-state index in [2.05, 4.69) is 30.7 Å². The Kier molecular flexibility index (Phi) is 6.41. The first-order chi connectivity index (χ1) is 16.6. The van der Waals surface area contributed by atoms with Crippen molar-refractivity contribution in [1.82, 2.24) is 30.0 Å². The van der Waals surface area contributed by atoms with Gasteiger partial charge in [-0.05, 0) is 38.0 Å². The first-order valence-corrected chi connectivity index (χ1v) is 12.5. The number of carbonyl (C=O) groups is 2. The van der Waals surface area contributed by atoms with Gasteiger partial charge in [0, 0.05) is 24.4 Å². The van der Waals surface area contributed by atoms with Gasteiger partial charge in [-0.15, -0.1) is 0 Å². The van der Waals surface area contributed by atoms with Gasteiger partial charge >= 0.3 is 0 Å². The van der Waals surface area contributed by atoms with Crippen LogP contribution in [-0.2, 0) is 4.79 Å². The molecule has 1 aliphatic carbocycles. The number of benzene rings is 1. The Morgan fingerprint density at radius 1 is 1.24 bits per heavy atom. The second-order valence-corrected chi connectivity index (χ2v) is 9.55. The molecule has 0 unspecified atom stereocenters. The van der Waals surface area contributed by atoms with Crippen LogP contribution >= 0.6 is 23.1 Å². The maximum absolute atomic E-state index is 12.5. The smallest absolute Gasteiger partial charge is 0.272 e. The van der Waals surface area contributed by atoms with Crippen LogP contribution in [0.15, 0.2) is 47.9 Å². The molecule has 0 bridgehead atoms.